The summed E-state index contributed by atoms with van der Waals surface area (Å²) >= 11 is 6.28. The van der Waals surface area contributed by atoms with Gasteiger partial charge in [0.1, 0.15) is 0 Å². The van der Waals surface area contributed by atoms with Gasteiger partial charge in [-0.05, 0) is 48.6 Å². The van der Waals surface area contributed by atoms with Crippen LogP contribution in [-0.4, -0.2) is 25.0 Å². The van der Waals surface area contributed by atoms with E-state index >= 15 is 0 Å². The number of hydrogen-bond acceptors (Lipinski definition) is 1. The molecular formula is C20H22ClN2O+. The third-order valence-corrected chi connectivity index (χ3v) is 5.55. The van der Waals surface area contributed by atoms with Crippen molar-refractivity contribution in [2.75, 3.05) is 18.4 Å². The van der Waals surface area contributed by atoms with E-state index in [2.05, 4.69) is 29.6 Å². The van der Waals surface area contributed by atoms with Gasteiger partial charge in [-0.2, -0.15) is 0 Å². The van der Waals surface area contributed by atoms with Crippen LogP contribution in [0, 0.1) is 0 Å². The molecule has 2 atom stereocenters. The molecule has 0 bridgehead atoms. The summed E-state index contributed by atoms with van der Waals surface area (Å²) in [5, 5.41) is 3.84. The van der Waals surface area contributed by atoms with Crippen LogP contribution in [0.15, 0.2) is 48.5 Å². The molecule has 4 heteroatoms. The molecule has 0 aromatic heterocycles. The van der Waals surface area contributed by atoms with E-state index in [1.165, 1.54) is 29.7 Å². The SMILES string of the molecule is O=C1Nc2ccc(Cl)cc2[C@@H](c2ccccc2)[C@H]1[NH+]1CCCCC1. The zero-order valence-electron chi connectivity index (χ0n) is 13.6. The summed E-state index contributed by atoms with van der Waals surface area (Å²) in [6.45, 7) is 2.13. The minimum absolute atomic E-state index is 0.0572. The van der Waals surface area contributed by atoms with Crippen LogP contribution in [0.3, 0.4) is 0 Å². The van der Waals surface area contributed by atoms with Crippen molar-refractivity contribution in [1.82, 2.24) is 0 Å². The Bertz CT molecular complexity index is 741. The fourth-order valence-corrected chi connectivity index (χ4v) is 4.40. The number of carbonyl (C=O) groups is 1. The van der Waals surface area contributed by atoms with Crippen molar-refractivity contribution in [2.24, 2.45) is 0 Å². The van der Waals surface area contributed by atoms with Crippen molar-refractivity contribution in [1.29, 1.82) is 0 Å². The Kier molecular flexibility index (Phi) is 4.30. The molecule has 0 spiro atoms. The molecule has 2 aromatic rings. The second-order valence-corrected chi connectivity index (χ2v) is 7.24. The second kappa shape index (κ2) is 6.58. The number of rotatable bonds is 2. The van der Waals surface area contributed by atoms with E-state index in [0.717, 1.165) is 29.4 Å². The molecule has 0 unspecified atom stereocenters. The van der Waals surface area contributed by atoms with Crippen molar-refractivity contribution in [3.63, 3.8) is 0 Å². The lowest BCUT2D eigenvalue weighted by Gasteiger charge is -2.39. The first-order valence-corrected chi connectivity index (χ1v) is 9.11. The Labute approximate surface area is 147 Å². The third-order valence-electron chi connectivity index (χ3n) is 5.32. The van der Waals surface area contributed by atoms with Gasteiger partial charge in [0.15, 0.2) is 6.04 Å². The lowest BCUT2D eigenvalue weighted by atomic mass is 9.80. The minimum Gasteiger partial charge on any atom is -0.324 e. The molecule has 1 amide bonds. The predicted molar refractivity (Wildman–Crippen MR) is 96.7 cm³/mol. The van der Waals surface area contributed by atoms with E-state index in [0.29, 0.717) is 0 Å². The van der Waals surface area contributed by atoms with Gasteiger partial charge in [-0.1, -0.05) is 41.9 Å². The molecule has 4 rings (SSSR count). The number of hydrogen-bond donors (Lipinski definition) is 2. The topological polar surface area (TPSA) is 33.5 Å². The Morgan fingerprint density at radius 3 is 2.50 bits per heavy atom. The lowest BCUT2D eigenvalue weighted by molar-refractivity contribution is -0.921. The largest absolute Gasteiger partial charge is 0.324 e. The molecule has 1 fully saturated rings. The van der Waals surface area contributed by atoms with E-state index in [9.17, 15) is 4.79 Å². The molecule has 1 saturated heterocycles. The van der Waals surface area contributed by atoms with Crippen LogP contribution in [0.25, 0.3) is 0 Å². The number of carbonyl (C=O) groups excluding carboxylic acids is 1. The van der Waals surface area contributed by atoms with Gasteiger partial charge in [-0.15, -0.1) is 0 Å². The van der Waals surface area contributed by atoms with E-state index in [1.807, 2.05) is 24.3 Å². The van der Waals surface area contributed by atoms with Crippen LogP contribution in [0.5, 0.6) is 0 Å². The van der Waals surface area contributed by atoms with Crippen LogP contribution in [0.1, 0.15) is 36.3 Å². The Balaban J connectivity index is 1.83. The molecule has 124 valence electrons. The maximum Gasteiger partial charge on any atom is 0.283 e. The lowest BCUT2D eigenvalue weighted by Crippen LogP contribution is -3.18. The number of benzene rings is 2. The van der Waals surface area contributed by atoms with Crippen LogP contribution >= 0.6 is 11.6 Å². The van der Waals surface area contributed by atoms with Gasteiger partial charge in [0.2, 0.25) is 0 Å². The van der Waals surface area contributed by atoms with Gasteiger partial charge in [0.05, 0.1) is 19.0 Å². The summed E-state index contributed by atoms with van der Waals surface area (Å²) in [5.41, 5.74) is 3.22. The van der Waals surface area contributed by atoms with Gasteiger partial charge < -0.3 is 10.2 Å². The molecular weight excluding hydrogens is 320 g/mol. The van der Waals surface area contributed by atoms with E-state index in [4.69, 9.17) is 11.6 Å². The highest BCUT2D eigenvalue weighted by Crippen LogP contribution is 2.38. The Morgan fingerprint density at radius 1 is 1.00 bits per heavy atom. The van der Waals surface area contributed by atoms with Crippen molar-refractivity contribution >= 4 is 23.2 Å². The number of amides is 1. The zero-order valence-corrected chi connectivity index (χ0v) is 14.4. The van der Waals surface area contributed by atoms with Gasteiger partial charge in [0.25, 0.3) is 5.91 Å². The van der Waals surface area contributed by atoms with E-state index in [-0.39, 0.29) is 17.9 Å². The quantitative estimate of drug-likeness (QED) is 0.865. The number of fused-ring (bicyclic) bond motifs is 1. The monoisotopic (exact) mass is 341 g/mol. The molecule has 0 radical (unpaired) electrons. The molecule has 3 nitrogen and oxygen atoms in total. The molecule has 2 aliphatic rings. The van der Waals surface area contributed by atoms with Crippen LogP contribution < -0.4 is 10.2 Å². The fraction of sp³-hybridized carbons (Fsp3) is 0.350. The average molecular weight is 342 g/mol. The minimum atomic E-state index is -0.0846. The van der Waals surface area contributed by atoms with Crippen LogP contribution in [-0.2, 0) is 4.79 Å². The summed E-state index contributed by atoms with van der Waals surface area (Å²) in [7, 11) is 0. The highest BCUT2D eigenvalue weighted by atomic mass is 35.5. The third kappa shape index (κ3) is 2.83. The van der Waals surface area contributed by atoms with Gasteiger partial charge in [-0.3, -0.25) is 4.79 Å². The summed E-state index contributed by atoms with van der Waals surface area (Å²) in [6, 6.07) is 16.1. The predicted octanol–water partition coefficient (Wildman–Crippen LogP) is 2.86. The van der Waals surface area contributed by atoms with Gasteiger partial charge in [0, 0.05) is 10.7 Å². The number of anilines is 1. The first kappa shape index (κ1) is 15.7. The van der Waals surface area contributed by atoms with E-state index < -0.39 is 0 Å². The first-order chi connectivity index (χ1) is 11.7. The van der Waals surface area contributed by atoms with Gasteiger partial charge >= 0.3 is 0 Å². The van der Waals surface area contributed by atoms with Crippen LogP contribution in [0.2, 0.25) is 5.02 Å². The van der Waals surface area contributed by atoms with Crippen molar-refractivity contribution < 1.29 is 9.69 Å². The summed E-state index contributed by atoms with van der Waals surface area (Å²) in [6.07, 6.45) is 3.67. The van der Waals surface area contributed by atoms with E-state index in [1.54, 1.807) is 0 Å². The number of halogens is 1. The average Bonchev–Trinajstić information content (AvgIpc) is 2.62. The maximum absolute atomic E-state index is 13.0. The van der Waals surface area contributed by atoms with Crippen LogP contribution in [0.4, 0.5) is 5.69 Å². The van der Waals surface area contributed by atoms with Crippen molar-refractivity contribution in [2.45, 2.75) is 31.2 Å². The number of piperidine rings is 1. The molecule has 24 heavy (non-hydrogen) atoms. The standard InChI is InChI=1S/C20H21ClN2O/c21-15-9-10-17-16(13-15)18(14-7-3-1-4-8-14)19(20(24)22-17)23-11-5-2-6-12-23/h1,3-4,7-10,13,18-19H,2,5-6,11-12H2,(H,22,24)/p+1/t18-,19-/m1/s1. The molecule has 2 N–H and O–H groups in total. The number of nitrogens with one attached hydrogen (secondary N) is 2. The first-order valence-electron chi connectivity index (χ1n) is 8.74. The smallest absolute Gasteiger partial charge is 0.283 e. The highest BCUT2D eigenvalue weighted by Gasteiger charge is 2.44. The molecule has 2 heterocycles. The van der Waals surface area contributed by atoms with Crippen molar-refractivity contribution in [3.8, 4) is 0 Å². The number of likely N-dealkylation sites (tertiary alicyclic amines) is 1. The molecule has 2 aliphatic heterocycles. The Morgan fingerprint density at radius 2 is 1.75 bits per heavy atom. The fourth-order valence-electron chi connectivity index (χ4n) is 4.22. The molecule has 0 saturated carbocycles. The summed E-state index contributed by atoms with van der Waals surface area (Å²) in [5.74, 6) is 0.192. The second-order valence-electron chi connectivity index (χ2n) is 6.81. The zero-order chi connectivity index (χ0) is 16.5. The molecule has 2 aromatic carbocycles. The van der Waals surface area contributed by atoms with Gasteiger partial charge in [-0.25, -0.2) is 0 Å². The summed E-state index contributed by atoms with van der Waals surface area (Å²) < 4.78 is 0. The highest BCUT2D eigenvalue weighted by molar-refractivity contribution is 6.30. The summed E-state index contributed by atoms with van der Waals surface area (Å²) in [4.78, 5) is 14.4. The number of quaternary nitrogens is 1. The maximum atomic E-state index is 13.0. The molecule has 0 aliphatic carbocycles. The Hall–Kier alpha value is -1.84. The normalized spacial score (nSPS) is 24.3. The van der Waals surface area contributed by atoms with Crippen molar-refractivity contribution in [3.05, 3.63) is 64.7 Å².